The number of nitrogens with one attached hydrogen (secondary N) is 1. The number of rotatable bonds is 5. The van der Waals surface area contributed by atoms with Gasteiger partial charge in [-0.15, -0.1) is 0 Å². The van der Waals surface area contributed by atoms with E-state index in [1.165, 1.54) is 0 Å². The van der Waals surface area contributed by atoms with Gasteiger partial charge in [0.2, 0.25) is 0 Å². The lowest BCUT2D eigenvalue weighted by Gasteiger charge is -2.35. The number of nitrogens with two attached hydrogens (primary N) is 1. The minimum absolute atomic E-state index is 0.0563. The van der Waals surface area contributed by atoms with Gasteiger partial charge in [0, 0.05) is 24.6 Å². The van der Waals surface area contributed by atoms with Crippen molar-refractivity contribution in [3.05, 3.63) is 0 Å². The van der Waals surface area contributed by atoms with Gasteiger partial charge in [0.15, 0.2) is 0 Å². The van der Waals surface area contributed by atoms with E-state index in [0.29, 0.717) is 18.4 Å². The van der Waals surface area contributed by atoms with Gasteiger partial charge in [0.05, 0.1) is 6.61 Å². The molecule has 1 fully saturated rings. The van der Waals surface area contributed by atoms with Gasteiger partial charge < -0.3 is 15.8 Å². The number of hydrogen-bond acceptors (Lipinski definition) is 3. The van der Waals surface area contributed by atoms with Crippen LogP contribution >= 0.6 is 0 Å². The zero-order chi connectivity index (χ0) is 10.6. The van der Waals surface area contributed by atoms with E-state index in [1.807, 2.05) is 0 Å². The minimum Gasteiger partial charge on any atom is -0.381 e. The summed E-state index contributed by atoms with van der Waals surface area (Å²) in [6.45, 7) is 10.1. The van der Waals surface area contributed by atoms with E-state index in [2.05, 4.69) is 26.1 Å². The van der Waals surface area contributed by atoms with Crippen molar-refractivity contribution < 1.29 is 4.74 Å². The highest BCUT2D eigenvalue weighted by Crippen LogP contribution is 2.25. The van der Waals surface area contributed by atoms with Crippen molar-refractivity contribution in [3.63, 3.8) is 0 Å². The first-order valence-electron chi connectivity index (χ1n) is 5.61. The summed E-state index contributed by atoms with van der Waals surface area (Å²) >= 11 is 0. The molecule has 0 bridgehead atoms. The van der Waals surface area contributed by atoms with Crippen LogP contribution in [0.1, 0.15) is 27.2 Å². The predicted molar refractivity (Wildman–Crippen MR) is 59.2 cm³/mol. The van der Waals surface area contributed by atoms with Crippen LogP contribution in [0.15, 0.2) is 0 Å². The van der Waals surface area contributed by atoms with E-state index in [-0.39, 0.29) is 5.54 Å². The summed E-state index contributed by atoms with van der Waals surface area (Å²) in [6, 6.07) is 0. The maximum absolute atomic E-state index is 5.86. The summed E-state index contributed by atoms with van der Waals surface area (Å²) in [7, 11) is 0. The van der Waals surface area contributed by atoms with E-state index < -0.39 is 0 Å². The average Bonchev–Trinajstić information content (AvgIpc) is 2.67. The molecule has 0 amide bonds. The molecule has 3 nitrogen and oxygen atoms in total. The minimum atomic E-state index is 0.0563. The van der Waals surface area contributed by atoms with Crippen molar-refractivity contribution in [2.75, 3.05) is 26.3 Å². The summed E-state index contributed by atoms with van der Waals surface area (Å²) in [5.41, 5.74) is 5.91. The highest BCUT2D eigenvalue weighted by Gasteiger charge is 2.35. The lowest BCUT2D eigenvalue weighted by atomic mass is 9.84. The van der Waals surface area contributed by atoms with Crippen LogP contribution in [0.2, 0.25) is 0 Å². The molecule has 1 aliphatic rings. The molecule has 14 heavy (non-hydrogen) atoms. The summed E-state index contributed by atoms with van der Waals surface area (Å²) < 4.78 is 5.42. The molecular formula is C11H24N2O. The van der Waals surface area contributed by atoms with Gasteiger partial charge in [-0.25, -0.2) is 0 Å². The Hall–Kier alpha value is -0.120. The zero-order valence-corrected chi connectivity index (χ0v) is 9.68. The molecule has 0 aromatic heterocycles. The molecule has 0 aliphatic carbocycles. The monoisotopic (exact) mass is 200 g/mol. The molecule has 1 aliphatic heterocycles. The standard InChI is InChI=1S/C11H24N2O/c1-9(2)6-13-11(3,8-12)10-4-5-14-7-10/h9-10,13H,4-8,12H2,1-3H3. The van der Waals surface area contributed by atoms with Gasteiger partial charge in [-0.3, -0.25) is 0 Å². The molecule has 3 N–H and O–H groups in total. The predicted octanol–water partition coefficient (Wildman–Crippen LogP) is 0.986. The molecule has 84 valence electrons. The molecule has 3 heteroatoms. The topological polar surface area (TPSA) is 47.3 Å². The van der Waals surface area contributed by atoms with Crippen molar-refractivity contribution in [2.45, 2.75) is 32.7 Å². The number of hydrogen-bond donors (Lipinski definition) is 2. The second-order valence-corrected chi connectivity index (χ2v) is 4.96. The van der Waals surface area contributed by atoms with Crippen LogP contribution in [0, 0.1) is 11.8 Å². The van der Waals surface area contributed by atoms with Crippen LogP contribution in [-0.4, -0.2) is 31.8 Å². The number of ether oxygens (including phenoxy) is 1. The third kappa shape index (κ3) is 2.94. The highest BCUT2D eigenvalue weighted by molar-refractivity contribution is 4.93. The van der Waals surface area contributed by atoms with Gasteiger partial charge in [-0.2, -0.15) is 0 Å². The van der Waals surface area contributed by atoms with Crippen LogP contribution < -0.4 is 11.1 Å². The molecule has 2 unspecified atom stereocenters. The largest absolute Gasteiger partial charge is 0.381 e. The molecule has 0 saturated carbocycles. The maximum atomic E-state index is 5.86. The fourth-order valence-corrected chi connectivity index (χ4v) is 1.86. The first-order chi connectivity index (χ1) is 6.58. The van der Waals surface area contributed by atoms with E-state index in [9.17, 15) is 0 Å². The lowest BCUT2D eigenvalue weighted by Crippen LogP contribution is -2.55. The van der Waals surface area contributed by atoms with Crippen LogP contribution in [0.5, 0.6) is 0 Å². The first kappa shape index (κ1) is 12.0. The SMILES string of the molecule is CC(C)CNC(C)(CN)C1CCOC1. The molecule has 0 aromatic carbocycles. The molecular weight excluding hydrogens is 176 g/mol. The fraction of sp³-hybridized carbons (Fsp3) is 1.00. The van der Waals surface area contributed by atoms with Gasteiger partial charge in [-0.05, 0) is 25.8 Å². The van der Waals surface area contributed by atoms with E-state index >= 15 is 0 Å². The summed E-state index contributed by atoms with van der Waals surface area (Å²) in [5, 5.41) is 3.58. The Kier molecular flexibility index (Phi) is 4.35. The molecule has 0 radical (unpaired) electrons. The van der Waals surface area contributed by atoms with Crippen molar-refractivity contribution >= 4 is 0 Å². The summed E-state index contributed by atoms with van der Waals surface area (Å²) in [4.78, 5) is 0. The van der Waals surface area contributed by atoms with Crippen LogP contribution in [0.4, 0.5) is 0 Å². The molecule has 1 saturated heterocycles. The van der Waals surface area contributed by atoms with Gasteiger partial charge in [0.1, 0.15) is 0 Å². The van der Waals surface area contributed by atoms with Crippen molar-refractivity contribution in [2.24, 2.45) is 17.6 Å². The fourth-order valence-electron chi connectivity index (χ4n) is 1.86. The smallest absolute Gasteiger partial charge is 0.0513 e. The summed E-state index contributed by atoms with van der Waals surface area (Å²) in [5.74, 6) is 1.24. The quantitative estimate of drug-likeness (QED) is 0.695. The van der Waals surface area contributed by atoms with Gasteiger partial charge >= 0.3 is 0 Å². The van der Waals surface area contributed by atoms with E-state index in [1.54, 1.807) is 0 Å². The molecule has 1 rings (SSSR count). The van der Waals surface area contributed by atoms with Crippen LogP contribution in [0.25, 0.3) is 0 Å². The van der Waals surface area contributed by atoms with Crippen molar-refractivity contribution in [3.8, 4) is 0 Å². The van der Waals surface area contributed by atoms with Crippen molar-refractivity contribution in [1.29, 1.82) is 0 Å². The average molecular weight is 200 g/mol. The third-order valence-electron chi connectivity index (χ3n) is 3.17. The molecule has 2 atom stereocenters. The van der Waals surface area contributed by atoms with Crippen LogP contribution in [-0.2, 0) is 4.74 Å². The normalized spacial score (nSPS) is 26.8. The summed E-state index contributed by atoms with van der Waals surface area (Å²) in [6.07, 6.45) is 1.14. The van der Waals surface area contributed by atoms with Gasteiger partial charge in [0.25, 0.3) is 0 Å². The Morgan fingerprint density at radius 2 is 2.29 bits per heavy atom. The third-order valence-corrected chi connectivity index (χ3v) is 3.17. The Balaban J connectivity index is 2.46. The Bertz CT molecular complexity index is 167. The first-order valence-corrected chi connectivity index (χ1v) is 5.61. The van der Waals surface area contributed by atoms with E-state index in [0.717, 1.165) is 26.2 Å². The second-order valence-electron chi connectivity index (χ2n) is 4.96. The molecule has 0 aromatic rings. The lowest BCUT2D eigenvalue weighted by molar-refractivity contribution is 0.153. The van der Waals surface area contributed by atoms with Crippen molar-refractivity contribution in [1.82, 2.24) is 5.32 Å². The second kappa shape index (κ2) is 5.10. The Morgan fingerprint density at radius 1 is 1.57 bits per heavy atom. The Labute approximate surface area is 87.4 Å². The van der Waals surface area contributed by atoms with Crippen LogP contribution in [0.3, 0.4) is 0 Å². The molecule has 0 spiro atoms. The maximum Gasteiger partial charge on any atom is 0.0513 e. The van der Waals surface area contributed by atoms with E-state index in [4.69, 9.17) is 10.5 Å². The van der Waals surface area contributed by atoms with Gasteiger partial charge in [-0.1, -0.05) is 13.8 Å². The zero-order valence-electron chi connectivity index (χ0n) is 9.68. The molecule has 1 heterocycles. The highest BCUT2D eigenvalue weighted by atomic mass is 16.5. The Morgan fingerprint density at radius 3 is 2.71 bits per heavy atom.